The van der Waals surface area contributed by atoms with Gasteiger partial charge in [0.1, 0.15) is 0 Å². The van der Waals surface area contributed by atoms with Crippen molar-refractivity contribution in [2.75, 3.05) is 13.7 Å². The summed E-state index contributed by atoms with van der Waals surface area (Å²) in [6, 6.07) is 5.25. The number of carbonyl (C=O) groups excluding carboxylic acids is 1. The first-order valence-corrected chi connectivity index (χ1v) is 6.19. The Labute approximate surface area is 102 Å². The summed E-state index contributed by atoms with van der Waals surface area (Å²) in [7, 11) is 1.32. The van der Waals surface area contributed by atoms with E-state index in [1.807, 2.05) is 6.07 Å². The van der Waals surface area contributed by atoms with Crippen LogP contribution in [-0.2, 0) is 29.0 Å². The SMILES string of the molecule is COC(=O)c1ccc2c(c1)CN(S(=O)[O-])CC2. The molecule has 1 aliphatic rings. The van der Waals surface area contributed by atoms with E-state index in [0.29, 0.717) is 25.1 Å². The van der Waals surface area contributed by atoms with Crippen LogP contribution in [0.15, 0.2) is 18.2 Å². The van der Waals surface area contributed by atoms with Gasteiger partial charge in [-0.15, -0.1) is 0 Å². The van der Waals surface area contributed by atoms with Crippen molar-refractivity contribution in [3.63, 3.8) is 0 Å². The highest BCUT2D eigenvalue weighted by Crippen LogP contribution is 2.21. The quantitative estimate of drug-likeness (QED) is 0.573. The van der Waals surface area contributed by atoms with E-state index in [1.165, 1.54) is 11.4 Å². The Morgan fingerprint density at radius 2 is 2.24 bits per heavy atom. The van der Waals surface area contributed by atoms with Crippen LogP contribution in [0.3, 0.4) is 0 Å². The fourth-order valence-electron chi connectivity index (χ4n) is 1.90. The van der Waals surface area contributed by atoms with E-state index in [1.54, 1.807) is 12.1 Å². The summed E-state index contributed by atoms with van der Waals surface area (Å²) < 4.78 is 27.7. The molecule has 1 aromatic carbocycles. The van der Waals surface area contributed by atoms with Crippen LogP contribution in [0.25, 0.3) is 0 Å². The smallest absolute Gasteiger partial charge is 0.337 e. The predicted molar refractivity (Wildman–Crippen MR) is 60.8 cm³/mol. The lowest BCUT2D eigenvalue weighted by Crippen LogP contribution is -2.32. The molecule has 0 spiro atoms. The third-order valence-corrected chi connectivity index (χ3v) is 3.55. The maximum atomic E-state index is 11.4. The van der Waals surface area contributed by atoms with Crippen molar-refractivity contribution in [1.29, 1.82) is 0 Å². The van der Waals surface area contributed by atoms with Gasteiger partial charge in [-0.25, -0.2) is 9.10 Å². The van der Waals surface area contributed by atoms with Crippen molar-refractivity contribution in [1.82, 2.24) is 4.31 Å². The molecule has 1 aliphatic heterocycles. The molecule has 1 heterocycles. The molecule has 0 radical (unpaired) electrons. The number of carbonyl (C=O) groups is 1. The summed E-state index contributed by atoms with van der Waals surface area (Å²) in [4.78, 5) is 11.4. The standard InChI is InChI=1S/C11H13NO4S/c1-16-11(13)9-3-2-8-4-5-12(17(14)15)7-10(8)6-9/h2-3,6H,4-5,7H2,1H3,(H,14,15)/p-1. The molecule has 17 heavy (non-hydrogen) atoms. The Morgan fingerprint density at radius 1 is 1.47 bits per heavy atom. The van der Waals surface area contributed by atoms with E-state index < -0.39 is 17.2 Å². The van der Waals surface area contributed by atoms with Crippen LogP contribution >= 0.6 is 0 Å². The number of ether oxygens (including phenoxy) is 1. The van der Waals surface area contributed by atoms with Crippen LogP contribution in [0.4, 0.5) is 0 Å². The largest absolute Gasteiger partial charge is 0.760 e. The zero-order chi connectivity index (χ0) is 12.4. The van der Waals surface area contributed by atoms with Gasteiger partial charge < -0.3 is 9.29 Å². The number of fused-ring (bicyclic) bond motifs is 1. The van der Waals surface area contributed by atoms with Gasteiger partial charge in [-0.3, -0.25) is 4.21 Å². The molecule has 1 atom stereocenters. The zero-order valence-electron chi connectivity index (χ0n) is 9.34. The lowest BCUT2D eigenvalue weighted by atomic mass is 9.98. The normalized spacial score (nSPS) is 17.3. The first kappa shape index (κ1) is 12.2. The lowest BCUT2D eigenvalue weighted by Gasteiger charge is -2.29. The Kier molecular flexibility index (Phi) is 3.56. The Bertz CT molecular complexity index is 475. The van der Waals surface area contributed by atoms with Crippen LogP contribution in [0.1, 0.15) is 21.5 Å². The van der Waals surface area contributed by atoms with Gasteiger partial charge in [0.2, 0.25) is 0 Å². The molecular weight excluding hydrogens is 242 g/mol. The molecule has 1 aromatic rings. The van der Waals surface area contributed by atoms with E-state index in [4.69, 9.17) is 0 Å². The van der Waals surface area contributed by atoms with Gasteiger partial charge >= 0.3 is 5.97 Å². The Balaban J connectivity index is 2.29. The second-order valence-corrected chi connectivity index (χ2v) is 4.76. The van der Waals surface area contributed by atoms with Crippen LogP contribution in [0.5, 0.6) is 0 Å². The van der Waals surface area contributed by atoms with Gasteiger partial charge in [0.25, 0.3) is 0 Å². The summed E-state index contributed by atoms with van der Waals surface area (Å²) in [5, 5.41) is 0. The number of methoxy groups -OCH3 is 1. The zero-order valence-corrected chi connectivity index (χ0v) is 10.2. The maximum absolute atomic E-state index is 11.4. The molecule has 0 bridgehead atoms. The Morgan fingerprint density at radius 3 is 2.88 bits per heavy atom. The molecule has 0 saturated heterocycles. The number of benzene rings is 1. The molecule has 6 heteroatoms. The molecular formula is C11H12NO4S-. The summed E-state index contributed by atoms with van der Waals surface area (Å²) >= 11 is -2.21. The molecule has 92 valence electrons. The van der Waals surface area contributed by atoms with Crippen LogP contribution in [-0.4, -0.2) is 32.7 Å². The predicted octanol–water partition coefficient (Wildman–Crippen LogP) is 0.625. The third kappa shape index (κ3) is 2.54. The van der Waals surface area contributed by atoms with Gasteiger partial charge in [-0.05, 0) is 29.7 Å². The summed E-state index contributed by atoms with van der Waals surface area (Å²) in [6.07, 6.45) is 0.671. The molecule has 0 saturated carbocycles. The second-order valence-electron chi connectivity index (χ2n) is 3.81. The minimum absolute atomic E-state index is 0.316. The van der Waals surface area contributed by atoms with Crippen molar-refractivity contribution in [2.24, 2.45) is 0 Å². The first-order valence-electron chi connectivity index (χ1n) is 5.16. The number of hydrogen-bond donors (Lipinski definition) is 0. The fraction of sp³-hybridized carbons (Fsp3) is 0.364. The molecule has 0 amide bonds. The molecule has 1 unspecified atom stereocenters. The molecule has 5 nitrogen and oxygen atoms in total. The number of nitrogens with zero attached hydrogens (tertiary/aromatic N) is 1. The second kappa shape index (κ2) is 4.95. The van der Waals surface area contributed by atoms with E-state index in [0.717, 1.165) is 11.1 Å². The van der Waals surface area contributed by atoms with E-state index in [-0.39, 0.29) is 0 Å². The summed E-state index contributed by atoms with van der Waals surface area (Å²) in [5.74, 6) is -0.409. The first-order chi connectivity index (χ1) is 8.11. The lowest BCUT2D eigenvalue weighted by molar-refractivity contribution is 0.0600. The average molecular weight is 254 g/mol. The minimum atomic E-state index is -2.21. The highest BCUT2D eigenvalue weighted by molar-refractivity contribution is 7.76. The monoisotopic (exact) mass is 254 g/mol. The van der Waals surface area contributed by atoms with Crippen molar-refractivity contribution in [2.45, 2.75) is 13.0 Å². The van der Waals surface area contributed by atoms with Gasteiger partial charge in [0, 0.05) is 24.4 Å². The van der Waals surface area contributed by atoms with Crippen molar-refractivity contribution in [3.8, 4) is 0 Å². The maximum Gasteiger partial charge on any atom is 0.337 e. The van der Waals surface area contributed by atoms with Crippen LogP contribution < -0.4 is 0 Å². The molecule has 2 rings (SSSR count). The van der Waals surface area contributed by atoms with Gasteiger partial charge in [-0.2, -0.15) is 0 Å². The number of rotatable bonds is 2. The van der Waals surface area contributed by atoms with Crippen LogP contribution in [0, 0.1) is 0 Å². The molecule has 0 fully saturated rings. The van der Waals surface area contributed by atoms with Gasteiger partial charge in [-0.1, -0.05) is 6.07 Å². The van der Waals surface area contributed by atoms with Gasteiger partial charge in [0.15, 0.2) is 0 Å². The molecule has 0 aliphatic carbocycles. The van der Waals surface area contributed by atoms with E-state index >= 15 is 0 Å². The minimum Gasteiger partial charge on any atom is -0.760 e. The number of esters is 1. The highest BCUT2D eigenvalue weighted by Gasteiger charge is 2.18. The summed E-state index contributed by atoms with van der Waals surface area (Å²) in [6.45, 7) is 0.803. The summed E-state index contributed by atoms with van der Waals surface area (Å²) in [5.41, 5.74) is 2.40. The van der Waals surface area contributed by atoms with Crippen molar-refractivity contribution < 1.29 is 18.3 Å². The topological polar surface area (TPSA) is 69.7 Å². The van der Waals surface area contributed by atoms with Gasteiger partial charge in [0.05, 0.1) is 12.7 Å². The molecule has 0 aromatic heterocycles. The van der Waals surface area contributed by atoms with Crippen molar-refractivity contribution in [3.05, 3.63) is 34.9 Å². The average Bonchev–Trinajstić information content (AvgIpc) is 2.36. The van der Waals surface area contributed by atoms with Crippen LogP contribution in [0.2, 0.25) is 0 Å². The van der Waals surface area contributed by atoms with E-state index in [2.05, 4.69) is 4.74 Å². The van der Waals surface area contributed by atoms with E-state index in [9.17, 15) is 13.6 Å². The third-order valence-electron chi connectivity index (χ3n) is 2.82. The number of hydrogen-bond acceptors (Lipinski definition) is 4. The van der Waals surface area contributed by atoms with Crippen molar-refractivity contribution >= 4 is 17.2 Å². The molecule has 0 N–H and O–H groups in total. The fourth-order valence-corrected chi connectivity index (χ4v) is 2.39. The highest BCUT2D eigenvalue weighted by atomic mass is 32.2. The Hall–Kier alpha value is -1.24.